The maximum atomic E-state index is 2.21. The van der Waals surface area contributed by atoms with Gasteiger partial charge in [-0.05, 0) is 12.8 Å². The van der Waals surface area contributed by atoms with Crippen LogP contribution in [0.2, 0.25) is 0 Å². The van der Waals surface area contributed by atoms with Crippen molar-refractivity contribution in [2.75, 3.05) is 0 Å². The molecule has 0 nitrogen and oxygen atoms in total. The van der Waals surface area contributed by atoms with Crippen LogP contribution in [0, 0.1) is 6.42 Å². The molecule has 0 heteroatoms. The van der Waals surface area contributed by atoms with Crippen molar-refractivity contribution in [3.05, 3.63) is 30.7 Å². The van der Waals surface area contributed by atoms with E-state index in [0.29, 0.717) is 0 Å². The maximum absolute atomic E-state index is 2.21. The van der Waals surface area contributed by atoms with Gasteiger partial charge in [0.2, 0.25) is 0 Å². The highest BCUT2D eigenvalue weighted by molar-refractivity contribution is 5.06. The number of unbranched alkanes of at least 4 members (excludes halogenated alkanes) is 2. The molecule has 0 aromatic rings. The summed E-state index contributed by atoms with van der Waals surface area (Å²) in [5.74, 6) is 0. The molecule has 0 atom stereocenters. The van der Waals surface area contributed by atoms with Crippen molar-refractivity contribution in [3.63, 3.8) is 0 Å². The fraction of sp³-hybridized carbons (Fsp3) is 0.500. The number of hydrogen-bond acceptors (Lipinski definition) is 0. The molecular formula is C10H17. The third-order valence-electron chi connectivity index (χ3n) is 1.28. The van der Waals surface area contributed by atoms with E-state index >= 15 is 0 Å². The van der Waals surface area contributed by atoms with Crippen molar-refractivity contribution in [1.29, 1.82) is 0 Å². The van der Waals surface area contributed by atoms with Crippen LogP contribution >= 0.6 is 0 Å². The average molecular weight is 137 g/mol. The van der Waals surface area contributed by atoms with Crippen LogP contribution in [-0.4, -0.2) is 0 Å². The SMILES string of the molecule is C[CH]C=CC=CCCCC. The van der Waals surface area contributed by atoms with Crippen LogP contribution in [0.15, 0.2) is 24.3 Å². The molecule has 0 aromatic heterocycles. The second-order valence-electron chi connectivity index (χ2n) is 2.29. The van der Waals surface area contributed by atoms with Gasteiger partial charge in [0.25, 0.3) is 0 Å². The summed E-state index contributed by atoms with van der Waals surface area (Å²) < 4.78 is 0. The van der Waals surface area contributed by atoms with E-state index in [4.69, 9.17) is 0 Å². The molecule has 0 aliphatic carbocycles. The molecule has 57 valence electrons. The quantitative estimate of drug-likeness (QED) is 0.402. The summed E-state index contributed by atoms with van der Waals surface area (Å²) in [6.45, 7) is 4.24. The van der Waals surface area contributed by atoms with Crippen LogP contribution in [-0.2, 0) is 0 Å². The summed E-state index contributed by atoms with van der Waals surface area (Å²) in [7, 11) is 0. The Balaban J connectivity index is 3.11. The van der Waals surface area contributed by atoms with E-state index in [1.807, 2.05) is 19.4 Å². The predicted octanol–water partition coefficient (Wildman–Crippen LogP) is 3.51. The van der Waals surface area contributed by atoms with E-state index in [-0.39, 0.29) is 0 Å². The molecule has 0 amide bonds. The predicted molar refractivity (Wildman–Crippen MR) is 47.8 cm³/mol. The summed E-state index contributed by atoms with van der Waals surface area (Å²) in [6.07, 6.45) is 14.3. The van der Waals surface area contributed by atoms with Crippen molar-refractivity contribution >= 4 is 0 Å². The molecule has 0 spiro atoms. The van der Waals surface area contributed by atoms with E-state index in [2.05, 4.69) is 25.2 Å². The van der Waals surface area contributed by atoms with Crippen molar-refractivity contribution in [2.24, 2.45) is 0 Å². The van der Waals surface area contributed by atoms with Gasteiger partial charge in [0, 0.05) is 0 Å². The minimum Gasteiger partial charge on any atom is -0.0845 e. The minimum absolute atomic E-state index is 1.21. The summed E-state index contributed by atoms with van der Waals surface area (Å²) in [4.78, 5) is 0. The van der Waals surface area contributed by atoms with Crippen LogP contribution in [0.25, 0.3) is 0 Å². The number of hydrogen-bond donors (Lipinski definition) is 0. The Morgan fingerprint density at radius 1 is 1.10 bits per heavy atom. The number of rotatable bonds is 5. The summed E-state index contributed by atoms with van der Waals surface area (Å²) in [5, 5.41) is 0. The van der Waals surface area contributed by atoms with Crippen molar-refractivity contribution in [3.8, 4) is 0 Å². The topological polar surface area (TPSA) is 0 Å². The Bertz CT molecular complexity index is 98.6. The zero-order chi connectivity index (χ0) is 7.66. The molecule has 0 saturated carbocycles. The lowest BCUT2D eigenvalue weighted by atomic mass is 10.2. The largest absolute Gasteiger partial charge is 0.0845 e. The first kappa shape index (κ1) is 9.48. The Labute approximate surface area is 64.6 Å². The van der Waals surface area contributed by atoms with Gasteiger partial charge in [-0.2, -0.15) is 0 Å². The molecule has 0 N–H and O–H groups in total. The van der Waals surface area contributed by atoms with Gasteiger partial charge < -0.3 is 0 Å². The van der Waals surface area contributed by atoms with Gasteiger partial charge in [-0.25, -0.2) is 0 Å². The van der Waals surface area contributed by atoms with Gasteiger partial charge in [-0.3, -0.25) is 0 Å². The molecule has 10 heavy (non-hydrogen) atoms. The molecule has 0 aliphatic heterocycles. The maximum Gasteiger partial charge on any atom is -0.0198 e. The lowest BCUT2D eigenvalue weighted by Gasteiger charge is -1.85. The molecule has 0 unspecified atom stereocenters. The monoisotopic (exact) mass is 137 g/mol. The van der Waals surface area contributed by atoms with E-state index in [1.165, 1.54) is 19.3 Å². The first-order chi connectivity index (χ1) is 4.91. The van der Waals surface area contributed by atoms with Crippen LogP contribution < -0.4 is 0 Å². The first-order valence-corrected chi connectivity index (χ1v) is 4.03. The Kier molecular flexibility index (Phi) is 8.04. The van der Waals surface area contributed by atoms with Gasteiger partial charge in [0.05, 0.1) is 0 Å². The second kappa shape index (κ2) is 8.48. The second-order valence-corrected chi connectivity index (χ2v) is 2.29. The molecule has 0 fully saturated rings. The van der Waals surface area contributed by atoms with Crippen LogP contribution in [0.1, 0.15) is 33.1 Å². The summed E-state index contributed by atoms with van der Waals surface area (Å²) in [5.41, 5.74) is 0. The highest BCUT2D eigenvalue weighted by Crippen LogP contribution is 1.94. The Hall–Kier alpha value is -0.520. The summed E-state index contributed by atoms with van der Waals surface area (Å²) >= 11 is 0. The smallest absolute Gasteiger partial charge is 0.0198 e. The first-order valence-electron chi connectivity index (χ1n) is 4.03. The average Bonchev–Trinajstić information content (AvgIpc) is 1.97. The van der Waals surface area contributed by atoms with Crippen molar-refractivity contribution in [2.45, 2.75) is 33.1 Å². The van der Waals surface area contributed by atoms with Crippen LogP contribution in [0.5, 0.6) is 0 Å². The fourth-order valence-electron chi connectivity index (χ4n) is 0.672. The van der Waals surface area contributed by atoms with E-state index in [9.17, 15) is 0 Å². The van der Waals surface area contributed by atoms with Gasteiger partial charge in [0.15, 0.2) is 0 Å². The molecule has 0 aliphatic rings. The fourth-order valence-corrected chi connectivity index (χ4v) is 0.672. The highest BCUT2D eigenvalue weighted by atomic mass is 13.8. The van der Waals surface area contributed by atoms with E-state index in [1.54, 1.807) is 0 Å². The van der Waals surface area contributed by atoms with Crippen molar-refractivity contribution < 1.29 is 0 Å². The van der Waals surface area contributed by atoms with Gasteiger partial charge in [-0.1, -0.05) is 51.0 Å². The third-order valence-corrected chi connectivity index (χ3v) is 1.28. The molecular weight excluding hydrogens is 120 g/mol. The molecule has 0 bridgehead atoms. The minimum atomic E-state index is 1.21. The Morgan fingerprint density at radius 3 is 2.50 bits per heavy atom. The van der Waals surface area contributed by atoms with E-state index in [0.717, 1.165) is 0 Å². The zero-order valence-electron chi connectivity index (χ0n) is 7.01. The van der Waals surface area contributed by atoms with Crippen molar-refractivity contribution in [1.82, 2.24) is 0 Å². The Morgan fingerprint density at radius 2 is 1.90 bits per heavy atom. The van der Waals surface area contributed by atoms with Gasteiger partial charge in [0.1, 0.15) is 0 Å². The molecule has 0 aromatic carbocycles. The number of allylic oxidation sites excluding steroid dienone is 4. The molecule has 1 radical (unpaired) electrons. The molecule has 0 saturated heterocycles. The third kappa shape index (κ3) is 7.48. The van der Waals surface area contributed by atoms with Crippen LogP contribution in [0.4, 0.5) is 0 Å². The zero-order valence-corrected chi connectivity index (χ0v) is 7.01. The highest BCUT2D eigenvalue weighted by Gasteiger charge is 1.74. The standard InChI is InChI=1S/C10H17/c1-3-5-7-9-10-8-6-4-2/h3,5,7,9-10H,4,6,8H2,1-2H3. The lowest BCUT2D eigenvalue weighted by Crippen LogP contribution is -1.64. The van der Waals surface area contributed by atoms with E-state index < -0.39 is 0 Å². The molecule has 0 heterocycles. The lowest BCUT2D eigenvalue weighted by molar-refractivity contribution is 0.815. The summed E-state index contributed by atoms with van der Waals surface area (Å²) in [6, 6.07) is 0. The van der Waals surface area contributed by atoms with Gasteiger partial charge in [-0.15, -0.1) is 0 Å². The van der Waals surface area contributed by atoms with Crippen LogP contribution in [0.3, 0.4) is 0 Å². The normalized spacial score (nSPS) is 11.8. The van der Waals surface area contributed by atoms with Gasteiger partial charge >= 0.3 is 0 Å². The molecule has 0 rings (SSSR count).